The lowest BCUT2D eigenvalue weighted by atomic mass is 10.1. The summed E-state index contributed by atoms with van der Waals surface area (Å²) in [6.45, 7) is 2.91. The van der Waals surface area contributed by atoms with Crippen LogP contribution in [0.15, 0.2) is 0 Å². The molecule has 0 amide bonds. The van der Waals surface area contributed by atoms with Gasteiger partial charge in [0, 0.05) is 13.2 Å². The third-order valence-electron chi connectivity index (χ3n) is 1.91. The van der Waals surface area contributed by atoms with Gasteiger partial charge in [0.2, 0.25) is 0 Å². The van der Waals surface area contributed by atoms with Gasteiger partial charge in [-0.25, -0.2) is 4.79 Å². The maximum absolute atomic E-state index is 10.4. The van der Waals surface area contributed by atoms with Gasteiger partial charge in [0.05, 0.1) is 6.10 Å². The molecule has 0 aliphatic carbocycles. The van der Waals surface area contributed by atoms with Crippen LogP contribution in [-0.2, 0) is 14.3 Å². The predicted octanol–water partition coefficient (Wildman–Crippen LogP) is 0.655. The molecule has 1 aliphatic heterocycles. The van der Waals surface area contributed by atoms with Crippen LogP contribution in [-0.4, -0.2) is 36.5 Å². The molecular formula is C8H14O4. The normalized spacial score (nSPS) is 22.1. The van der Waals surface area contributed by atoms with E-state index in [-0.39, 0.29) is 6.10 Å². The van der Waals surface area contributed by atoms with Gasteiger partial charge >= 0.3 is 5.97 Å². The summed E-state index contributed by atoms with van der Waals surface area (Å²) >= 11 is 0. The molecule has 4 heteroatoms. The fourth-order valence-corrected chi connectivity index (χ4v) is 1.16. The van der Waals surface area contributed by atoms with Crippen molar-refractivity contribution in [1.29, 1.82) is 0 Å². The largest absolute Gasteiger partial charge is 0.479 e. The number of rotatable bonds is 3. The maximum Gasteiger partial charge on any atom is 0.332 e. The van der Waals surface area contributed by atoms with Crippen LogP contribution in [0.25, 0.3) is 0 Å². The molecule has 1 atom stereocenters. The molecule has 1 aliphatic rings. The van der Waals surface area contributed by atoms with Gasteiger partial charge in [-0.3, -0.25) is 0 Å². The molecule has 1 rings (SSSR count). The fourth-order valence-electron chi connectivity index (χ4n) is 1.16. The van der Waals surface area contributed by atoms with Crippen LogP contribution < -0.4 is 0 Å². The van der Waals surface area contributed by atoms with Gasteiger partial charge in [-0.05, 0) is 19.8 Å². The lowest BCUT2D eigenvalue weighted by molar-refractivity contribution is -0.156. The Labute approximate surface area is 71.5 Å². The molecule has 0 radical (unpaired) electrons. The first-order chi connectivity index (χ1) is 5.70. The Kier molecular flexibility index (Phi) is 3.49. The Morgan fingerprint density at radius 1 is 1.58 bits per heavy atom. The number of carbonyl (C=O) groups is 1. The van der Waals surface area contributed by atoms with E-state index in [1.165, 1.54) is 0 Å². The minimum atomic E-state index is -0.901. The van der Waals surface area contributed by atoms with Crippen molar-refractivity contribution in [2.45, 2.75) is 32.0 Å². The van der Waals surface area contributed by atoms with Gasteiger partial charge in [-0.15, -0.1) is 0 Å². The first kappa shape index (κ1) is 9.48. The molecule has 1 N–H and O–H groups in total. The van der Waals surface area contributed by atoms with E-state index in [0.29, 0.717) is 13.2 Å². The third kappa shape index (κ3) is 2.79. The van der Waals surface area contributed by atoms with E-state index in [4.69, 9.17) is 14.6 Å². The molecular weight excluding hydrogens is 160 g/mol. The summed E-state index contributed by atoms with van der Waals surface area (Å²) in [5, 5.41) is 8.56. The summed E-state index contributed by atoms with van der Waals surface area (Å²) in [4.78, 5) is 10.4. The van der Waals surface area contributed by atoms with Gasteiger partial charge < -0.3 is 14.6 Å². The smallest absolute Gasteiger partial charge is 0.332 e. The molecule has 1 unspecified atom stereocenters. The number of carboxylic acid groups (broad SMARTS) is 1. The van der Waals surface area contributed by atoms with Crippen molar-refractivity contribution < 1.29 is 19.4 Å². The summed E-state index contributed by atoms with van der Waals surface area (Å²) in [5.74, 6) is -0.901. The third-order valence-corrected chi connectivity index (χ3v) is 1.91. The molecule has 0 aromatic carbocycles. The van der Waals surface area contributed by atoms with Crippen LogP contribution in [0.5, 0.6) is 0 Å². The van der Waals surface area contributed by atoms with E-state index in [1.54, 1.807) is 6.92 Å². The van der Waals surface area contributed by atoms with Crippen molar-refractivity contribution >= 4 is 5.97 Å². The van der Waals surface area contributed by atoms with Gasteiger partial charge in [0.15, 0.2) is 6.10 Å². The monoisotopic (exact) mass is 174 g/mol. The van der Waals surface area contributed by atoms with E-state index >= 15 is 0 Å². The first-order valence-electron chi connectivity index (χ1n) is 4.16. The Bertz CT molecular complexity index is 151. The van der Waals surface area contributed by atoms with Crippen molar-refractivity contribution in [3.63, 3.8) is 0 Å². The highest BCUT2D eigenvalue weighted by Gasteiger charge is 2.20. The zero-order chi connectivity index (χ0) is 8.97. The van der Waals surface area contributed by atoms with Crippen LogP contribution in [0.3, 0.4) is 0 Å². The molecule has 0 aromatic rings. The van der Waals surface area contributed by atoms with Crippen molar-refractivity contribution in [2.24, 2.45) is 0 Å². The molecule has 0 saturated carbocycles. The highest BCUT2D eigenvalue weighted by atomic mass is 16.5. The summed E-state index contributed by atoms with van der Waals surface area (Å²) in [7, 11) is 0. The Balaban J connectivity index is 2.24. The van der Waals surface area contributed by atoms with Gasteiger partial charge in [0.1, 0.15) is 0 Å². The van der Waals surface area contributed by atoms with E-state index in [0.717, 1.165) is 12.8 Å². The highest BCUT2D eigenvalue weighted by molar-refractivity contribution is 5.71. The summed E-state index contributed by atoms with van der Waals surface area (Å²) in [6, 6.07) is 0. The van der Waals surface area contributed by atoms with Gasteiger partial charge in [-0.2, -0.15) is 0 Å². The van der Waals surface area contributed by atoms with Crippen molar-refractivity contribution in [3.8, 4) is 0 Å². The molecule has 0 spiro atoms. The van der Waals surface area contributed by atoms with E-state index < -0.39 is 12.1 Å². The minimum Gasteiger partial charge on any atom is -0.479 e. The van der Waals surface area contributed by atoms with Crippen molar-refractivity contribution in [1.82, 2.24) is 0 Å². The zero-order valence-electron chi connectivity index (χ0n) is 7.16. The second-order valence-electron chi connectivity index (χ2n) is 2.93. The van der Waals surface area contributed by atoms with E-state index in [1.807, 2.05) is 0 Å². The van der Waals surface area contributed by atoms with Crippen molar-refractivity contribution in [3.05, 3.63) is 0 Å². The highest BCUT2D eigenvalue weighted by Crippen LogP contribution is 2.12. The Morgan fingerprint density at radius 2 is 2.17 bits per heavy atom. The second-order valence-corrected chi connectivity index (χ2v) is 2.93. The maximum atomic E-state index is 10.4. The van der Waals surface area contributed by atoms with E-state index in [2.05, 4.69) is 0 Å². The first-order valence-corrected chi connectivity index (χ1v) is 4.16. The predicted molar refractivity (Wildman–Crippen MR) is 42.0 cm³/mol. The molecule has 1 heterocycles. The van der Waals surface area contributed by atoms with Crippen LogP contribution in [0, 0.1) is 0 Å². The standard InChI is InChI=1S/C8H14O4/c1-6(8(9)10)12-7-2-4-11-5-3-7/h6-7H,2-5H2,1H3,(H,9,10). The average Bonchev–Trinajstić information content (AvgIpc) is 2.06. The number of ether oxygens (including phenoxy) is 2. The molecule has 0 aromatic heterocycles. The van der Waals surface area contributed by atoms with E-state index in [9.17, 15) is 4.79 Å². The number of carboxylic acids is 1. The minimum absolute atomic E-state index is 0.0600. The quantitative estimate of drug-likeness (QED) is 0.682. The number of hydrogen-bond acceptors (Lipinski definition) is 3. The lowest BCUT2D eigenvalue weighted by Crippen LogP contribution is -2.30. The number of aliphatic carboxylic acids is 1. The van der Waals surface area contributed by atoms with Crippen molar-refractivity contribution in [2.75, 3.05) is 13.2 Å². The summed E-state index contributed by atoms with van der Waals surface area (Å²) in [5.41, 5.74) is 0. The van der Waals surface area contributed by atoms with Crippen LogP contribution in [0.1, 0.15) is 19.8 Å². The van der Waals surface area contributed by atoms with Crippen LogP contribution in [0.4, 0.5) is 0 Å². The molecule has 1 saturated heterocycles. The second kappa shape index (κ2) is 4.42. The molecule has 1 fully saturated rings. The Morgan fingerprint density at radius 3 is 2.67 bits per heavy atom. The van der Waals surface area contributed by atoms with Gasteiger partial charge in [-0.1, -0.05) is 0 Å². The number of hydrogen-bond donors (Lipinski definition) is 1. The SMILES string of the molecule is CC(OC1CCOCC1)C(=O)O. The molecule has 70 valence electrons. The topological polar surface area (TPSA) is 55.8 Å². The summed E-state index contributed by atoms with van der Waals surface area (Å²) < 4.78 is 10.4. The average molecular weight is 174 g/mol. The van der Waals surface area contributed by atoms with Crippen LogP contribution in [0.2, 0.25) is 0 Å². The molecule has 0 bridgehead atoms. The lowest BCUT2D eigenvalue weighted by Gasteiger charge is -2.24. The van der Waals surface area contributed by atoms with Gasteiger partial charge in [0.25, 0.3) is 0 Å². The fraction of sp³-hybridized carbons (Fsp3) is 0.875. The summed E-state index contributed by atoms with van der Waals surface area (Å²) in [6.07, 6.45) is 0.966. The van der Waals surface area contributed by atoms with Crippen LogP contribution >= 0.6 is 0 Å². The Hall–Kier alpha value is -0.610. The molecule has 12 heavy (non-hydrogen) atoms. The zero-order valence-corrected chi connectivity index (χ0v) is 7.16. The molecule has 4 nitrogen and oxygen atoms in total.